The van der Waals surface area contributed by atoms with Crippen molar-refractivity contribution in [2.45, 2.75) is 25.3 Å². The Balaban J connectivity index is 2.21. The van der Waals surface area contributed by atoms with Crippen molar-refractivity contribution in [2.75, 3.05) is 20.3 Å². The number of nitrogens with two attached hydrogens (primary N) is 1. The molecule has 0 radical (unpaired) electrons. The van der Waals surface area contributed by atoms with Crippen LogP contribution in [-0.2, 0) is 16.0 Å². The molecule has 5 heteroatoms. The molecule has 3 N–H and O–H groups in total. The second-order valence-electron chi connectivity index (χ2n) is 4.41. The first-order chi connectivity index (χ1) is 9.13. The molecule has 0 aliphatic carbocycles. The number of hydrogen-bond acceptors (Lipinski definition) is 3. The van der Waals surface area contributed by atoms with Crippen LogP contribution >= 0.6 is 11.6 Å². The van der Waals surface area contributed by atoms with Crippen molar-refractivity contribution in [3.63, 3.8) is 0 Å². The van der Waals surface area contributed by atoms with Crippen molar-refractivity contribution >= 4 is 17.5 Å². The van der Waals surface area contributed by atoms with E-state index >= 15 is 0 Å². The lowest BCUT2D eigenvalue weighted by Crippen LogP contribution is -2.41. The van der Waals surface area contributed by atoms with Gasteiger partial charge in [-0.3, -0.25) is 4.79 Å². The number of carbonyl (C=O) groups excluding carboxylic acids is 1. The molecule has 1 aromatic carbocycles. The van der Waals surface area contributed by atoms with Gasteiger partial charge < -0.3 is 15.8 Å². The van der Waals surface area contributed by atoms with Gasteiger partial charge in [0.15, 0.2) is 0 Å². The summed E-state index contributed by atoms with van der Waals surface area (Å²) in [5.41, 5.74) is 6.91. The minimum atomic E-state index is -0.458. The largest absolute Gasteiger partial charge is 0.385 e. The Hall–Kier alpha value is -1.10. The fraction of sp³-hybridized carbons (Fsp3) is 0.500. The van der Waals surface area contributed by atoms with E-state index < -0.39 is 6.04 Å². The number of rotatable bonds is 8. The first-order valence-electron chi connectivity index (χ1n) is 6.40. The molecule has 106 valence electrons. The molecule has 19 heavy (non-hydrogen) atoms. The van der Waals surface area contributed by atoms with Crippen LogP contribution in [-0.4, -0.2) is 32.2 Å². The fourth-order valence-electron chi connectivity index (χ4n) is 1.69. The van der Waals surface area contributed by atoms with Gasteiger partial charge in [0.05, 0.1) is 6.04 Å². The first kappa shape index (κ1) is 16.0. The molecular weight excluding hydrogens is 264 g/mol. The van der Waals surface area contributed by atoms with Crippen LogP contribution in [0.5, 0.6) is 0 Å². The second-order valence-corrected chi connectivity index (χ2v) is 4.85. The summed E-state index contributed by atoms with van der Waals surface area (Å²) in [6.07, 6.45) is 2.20. The summed E-state index contributed by atoms with van der Waals surface area (Å²) in [4.78, 5) is 11.7. The SMILES string of the molecule is COCCCC(N)C(=O)NCCc1ccc(Cl)cc1. The minimum absolute atomic E-state index is 0.106. The maximum absolute atomic E-state index is 11.7. The predicted octanol–water partition coefficient (Wildman–Crippen LogP) is 1.75. The number of hydrogen-bond donors (Lipinski definition) is 2. The number of amides is 1. The molecule has 0 spiro atoms. The highest BCUT2D eigenvalue weighted by atomic mass is 35.5. The summed E-state index contributed by atoms with van der Waals surface area (Å²) in [6, 6.07) is 7.13. The molecule has 1 amide bonds. The van der Waals surface area contributed by atoms with E-state index in [0.29, 0.717) is 24.6 Å². The Labute approximate surface area is 119 Å². The Kier molecular flexibility index (Phi) is 7.48. The van der Waals surface area contributed by atoms with Crippen LogP contribution in [0.15, 0.2) is 24.3 Å². The molecule has 1 rings (SSSR count). The van der Waals surface area contributed by atoms with Gasteiger partial charge in [-0.05, 0) is 37.0 Å². The summed E-state index contributed by atoms with van der Waals surface area (Å²) < 4.78 is 4.92. The monoisotopic (exact) mass is 284 g/mol. The summed E-state index contributed by atoms with van der Waals surface area (Å²) in [6.45, 7) is 1.21. The molecular formula is C14H21ClN2O2. The van der Waals surface area contributed by atoms with Gasteiger partial charge in [0, 0.05) is 25.3 Å². The highest BCUT2D eigenvalue weighted by Gasteiger charge is 2.11. The van der Waals surface area contributed by atoms with Crippen LogP contribution in [0, 0.1) is 0 Å². The lowest BCUT2D eigenvalue weighted by Gasteiger charge is -2.12. The Bertz CT molecular complexity index is 382. The molecule has 0 saturated heterocycles. The zero-order valence-electron chi connectivity index (χ0n) is 11.2. The lowest BCUT2D eigenvalue weighted by molar-refractivity contribution is -0.122. The summed E-state index contributed by atoms with van der Waals surface area (Å²) >= 11 is 5.80. The summed E-state index contributed by atoms with van der Waals surface area (Å²) in [5.74, 6) is -0.106. The zero-order valence-corrected chi connectivity index (χ0v) is 12.0. The standard InChI is InChI=1S/C14H21ClN2O2/c1-19-10-2-3-13(16)14(18)17-9-8-11-4-6-12(15)7-5-11/h4-7,13H,2-3,8-10,16H2,1H3,(H,17,18). The van der Waals surface area contributed by atoms with Crippen LogP contribution in [0.2, 0.25) is 5.02 Å². The third-order valence-corrected chi connectivity index (χ3v) is 3.08. The van der Waals surface area contributed by atoms with Crippen molar-refractivity contribution in [3.8, 4) is 0 Å². The van der Waals surface area contributed by atoms with Crippen molar-refractivity contribution < 1.29 is 9.53 Å². The highest BCUT2D eigenvalue weighted by molar-refractivity contribution is 6.30. The smallest absolute Gasteiger partial charge is 0.236 e. The van der Waals surface area contributed by atoms with Gasteiger partial charge in [0.25, 0.3) is 0 Å². The molecule has 0 saturated carbocycles. The van der Waals surface area contributed by atoms with Gasteiger partial charge in [-0.2, -0.15) is 0 Å². The Morgan fingerprint density at radius 3 is 2.74 bits per heavy atom. The molecule has 0 aromatic heterocycles. The third-order valence-electron chi connectivity index (χ3n) is 2.83. The van der Waals surface area contributed by atoms with Gasteiger partial charge in [0.2, 0.25) is 5.91 Å². The maximum atomic E-state index is 11.7. The quantitative estimate of drug-likeness (QED) is 0.715. The van der Waals surface area contributed by atoms with Gasteiger partial charge in [0.1, 0.15) is 0 Å². The Morgan fingerprint density at radius 1 is 1.42 bits per heavy atom. The fourth-order valence-corrected chi connectivity index (χ4v) is 1.82. The van der Waals surface area contributed by atoms with Crippen molar-refractivity contribution in [1.29, 1.82) is 0 Å². The van der Waals surface area contributed by atoms with E-state index in [-0.39, 0.29) is 5.91 Å². The van der Waals surface area contributed by atoms with E-state index in [1.54, 1.807) is 7.11 Å². The third kappa shape index (κ3) is 6.57. The van der Waals surface area contributed by atoms with E-state index in [2.05, 4.69) is 5.32 Å². The average Bonchev–Trinajstić information content (AvgIpc) is 2.41. The van der Waals surface area contributed by atoms with E-state index in [4.69, 9.17) is 22.1 Å². The molecule has 0 aliphatic rings. The number of methoxy groups -OCH3 is 1. The second kappa shape index (κ2) is 8.91. The topological polar surface area (TPSA) is 64.3 Å². The number of carbonyl (C=O) groups is 1. The van der Waals surface area contributed by atoms with Gasteiger partial charge in [-0.25, -0.2) is 0 Å². The molecule has 4 nitrogen and oxygen atoms in total. The molecule has 0 aliphatic heterocycles. The maximum Gasteiger partial charge on any atom is 0.236 e. The van der Waals surface area contributed by atoms with E-state index in [0.717, 1.165) is 18.4 Å². The number of halogens is 1. The number of nitrogens with one attached hydrogen (secondary N) is 1. The minimum Gasteiger partial charge on any atom is -0.385 e. The van der Waals surface area contributed by atoms with Crippen LogP contribution in [0.4, 0.5) is 0 Å². The normalized spacial score (nSPS) is 12.2. The van der Waals surface area contributed by atoms with E-state index in [1.165, 1.54) is 0 Å². The van der Waals surface area contributed by atoms with Crippen LogP contribution < -0.4 is 11.1 Å². The van der Waals surface area contributed by atoms with Gasteiger partial charge in [-0.1, -0.05) is 23.7 Å². The molecule has 1 aromatic rings. The predicted molar refractivity (Wildman–Crippen MR) is 77.3 cm³/mol. The number of ether oxygens (including phenoxy) is 1. The van der Waals surface area contributed by atoms with E-state index in [1.807, 2.05) is 24.3 Å². The average molecular weight is 285 g/mol. The molecule has 0 fully saturated rings. The zero-order chi connectivity index (χ0) is 14.1. The summed E-state index contributed by atoms with van der Waals surface area (Å²) in [5, 5.41) is 3.55. The molecule has 0 heterocycles. The van der Waals surface area contributed by atoms with Crippen molar-refractivity contribution in [1.82, 2.24) is 5.32 Å². The lowest BCUT2D eigenvalue weighted by atomic mass is 10.1. The van der Waals surface area contributed by atoms with Crippen LogP contribution in [0.3, 0.4) is 0 Å². The van der Waals surface area contributed by atoms with Crippen molar-refractivity contribution in [2.24, 2.45) is 5.73 Å². The van der Waals surface area contributed by atoms with Gasteiger partial charge >= 0.3 is 0 Å². The number of benzene rings is 1. The van der Waals surface area contributed by atoms with Gasteiger partial charge in [-0.15, -0.1) is 0 Å². The van der Waals surface area contributed by atoms with Crippen molar-refractivity contribution in [3.05, 3.63) is 34.9 Å². The molecule has 1 atom stereocenters. The Morgan fingerprint density at radius 2 is 2.11 bits per heavy atom. The van der Waals surface area contributed by atoms with Crippen LogP contribution in [0.1, 0.15) is 18.4 Å². The molecule has 0 bridgehead atoms. The van der Waals surface area contributed by atoms with E-state index in [9.17, 15) is 4.79 Å². The molecule has 1 unspecified atom stereocenters. The highest BCUT2D eigenvalue weighted by Crippen LogP contribution is 2.09. The summed E-state index contributed by atoms with van der Waals surface area (Å²) in [7, 11) is 1.64. The van der Waals surface area contributed by atoms with Crippen LogP contribution in [0.25, 0.3) is 0 Å². The first-order valence-corrected chi connectivity index (χ1v) is 6.78.